The summed E-state index contributed by atoms with van der Waals surface area (Å²) in [7, 11) is 7.44. The van der Waals surface area contributed by atoms with Crippen molar-refractivity contribution < 1.29 is 4.74 Å². The lowest BCUT2D eigenvalue weighted by Gasteiger charge is -2.22. The van der Waals surface area contributed by atoms with Crippen LogP contribution in [0.15, 0.2) is 47.7 Å². The van der Waals surface area contributed by atoms with Crippen molar-refractivity contribution >= 4 is 29.9 Å². The normalized spacial score (nSPS) is 11.4. The van der Waals surface area contributed by atoms with Crippen molar-refractivity contribution in [2.45, 2.75) is 32.9 Å². The van der Waals surface area contributed by atoms with E-state index in [1.54, 1.807) is 14.2 Å². The zero-order valence-electron chi connectivity index (χ0n) is 19.0. The van der Waals surface area contributed by atoms with Crippen LogP contribution in [0.2, 0.25) is 0 Å². The first-order valence-electron chi connectivity index (χ1n) is 10.0. The average molecular weight is 537 g/mol. The number of halogens is 1. The molecule has 0 bridgehead atoms. The number of hydrogen-bond donors (Lipinski definition) is 1. The largest absolute Gasteiger partial charge is 0.497 e. The Hall–Kier alpha value is -2.56. The lowest BCUT2D eigenvalue weighted by Crippen LogP contribution is -2.38. The molecule has 0 aliphatic carbocycles. The molecule has 2 heterocycles. The highest BCUT2D eigenvalue weighted by Crippen LogP contribution is 2.19. The Morgan fingerprint density at radius 2 is 1.90 bits per heavy atom. The molecule has 0 spiro atoms. The fraction of sp³-hybridized carbons (Fsp3) is 0.409. The second kappa shape index (κ2) is 11.2. The summed E-state index contributed by atoms with van der Waals surface area (Å²) >= 11 is 0. The van der Waals surface area contributed by atoms with E-state index < -0.39 is 0 Å². The van der Waals surface area contributed by atoms with Crippen LogP contribution in [0.25, 0.3) is 5.69 Å². The minimum atomic E-state index is 0. The van der Waals surface area contributed by atoms with Crippen molar-refractivity contribution in [1.29, 1.82) is 0 Å². The second-order valence-corrected chi connectivity index (χ2v) is 7.57. The fourth-order valence-electron chi connectivity index (χ4n) is 3.38. The molecule has 0 atom stereocenters. The Morgan fingerprint density at radius 1 is 1.19 bits per heavy atom. The van der Waals surface area contributed by atoms with Crippen LogP contribution in [0.3, 0.4) is 0 Å². The molecule has 31 heavy (non-hydrogen) atoms. The van der Waals surface area contributed by atoms with Crippen molar-refractivity contribution in [2.75, 3.05) is 21.2 Å². The number of aliphatic imine (C=N–C) groups is 1. The van der Waals surface area contributed by atoms with Crippen molar-refractivity contribution in [3.8, 4) is 11.4 Å². The van der Waals surface area contributed by atoms with Crippen LogP contribution >= 0.6 is 24.0 Å². The standard InChI is InChI=1S/C22H31N7O.HI/c1-16(2)21-17(15-28(5)26-21)14-27(4)22(23-3)24-13-18-11-12-29(25-18)19-7-9-20(30-6)10-8-19;/h7-12,15-16H,13-14H2,1-6H3,(H,23,24);1H. The molecule has 0 amide bonds. The first kappa shape index (κ1) is 24.7. The molecule has 168 valence electrons. The summed E-state index contributed by atoms with van der Waals surface area (Å²) in [6.45, 7) is 5.65. The summed E-state index contributed by atoms with van der Waals surface area (Å²) < 4.78 is 8.94. The van der Waals surface area contributed by atoms with Gasteiger partial charge in [-0.1, -0.05) is 13.8 Å². The summed E-state index contributed by atoms with van der Waals surface area (Å²) in [6.07, 6.45) is 4.03. The average Bonchev–Trinajstić information content (AvgIpc) is 3.35. The van der Waals surface area contributed by atoms with Crippen molar-refractivity contribution in [2.24, 2.45) is 12.0 Å². The number of aryl methyl sites for hydroxylation is 1. The summed E-state index contributed by atoms with van der Waals surface area (Å²) in [5.41, 5.74) is 4.26. The minimum absolute atomic E-state index is 0. The molecule has 3 aromatic rings. The van der Waals surface area contributed by atoms with Gasteiger partial charge in [-0.2, -0.15) is 10.2 Å². The van der Waals surface area contributed by atoms with E-state index in [0.717, 1.165) is 35.3 Å². The topological polar surface area (TPSA) is 72.5 Å². The third-order valence-corrected chi connectivity index (χ3v) is 4.87. The van der Waals surface area contributed by atoms with Crippen molar-refractivity contribution in [3.05, 3.63) is 59.7 Å². The fourth-order valence-corrected chi connectivity index (χ4v) is 3.38. The van der Waals surface area contributed by atoms with Crippen LogP contribution in [0, 0.1) is 0 Å². The lowest BCUT2D eigenvalue weighted by molar-refractivity contribution is 0.414. The number of rotatable bonds is 7. The first-order chi connectivity index (χ1) is 14.4. The van der Waals surface area contributed by atoms with Gasteiger partial charge in [-0.3, -0.25) is 9.67 Å². The molecule has 1 N–H and O–H groups in total. The summed E-state index contributed by atoms with van der Waals surface area (Å²) in [5, 5.41) is 12.6. The molecule has 1 aromatic carbocycles. The summed E-state index contributed by atoms with van der Waals surface area (Å²) in [4.78, 5) is 6.52. The number of methoxy groups -OCH3 is 1. The number of ether oxygens (including phenoxy) is 1. The van der Waals surface area contributed by atoms with E-state index in [0.29, 0.717) is 12.5 Å². The molecule has 0 unspecified atom stereocenters. The third kappa shape index (κ3) is 6.22. The monoisotopic (exact) mass is 537 g/mol. The smallest absolute Gasteiger partial charge is 0.194 e. The maximum Gasteiger partial charge on any atom is 0.194 e. The van der Waals surface area contributed by atoms with Crippen LogP contribution in [-0.4, -0.2) is 51.6 Å². The number of guanidine groups is 1. The highest BCUT2D eigenvalue weighted by atomic mass is 127. The van der Waals surface area contributed by atoms with Crippen LogP contribution < -0.4 is 10.1 Å². The molecular formula is C22H32IN7O. The molecule has 9 heteroatoms. The molecule has 0 radical (unpaired) electrons. The Balaban J connectivity index is 0.00000341. The van der Waals surface area contributed by atoms with E-state index in [4.69, 9.17) is 4.74 Å². The zero-order chi connectivity index (χ0) is 21.7. The van der Waals surface area contributed by atoms with Gasteiger partial charge in [0.2, 0.25) is 0 Å². The van der Waals surface area contributed by atoms with Gasteiger partial charge in [0, 0.05) is 45.6 Å². The number of benzene rings is 1. The predicted molar refractivity (Wildman–Crippen MR) is 134 cm³/mol. The van der Waals surface area contributed by atoms with Gasteiger partial charge in [-0.25, -0.2) is 4.68 Å². The Kier molecular flexibility index (Phi) is 8.90. The molecule has 0 aliphatic rings. The third-order valence-electron chi connectivity index (χ3n) is 4.87. The Morgan fingerprint density at radius 3 is 2.52 bits per heavy atom. The summed E-state index contributed by atoms with van der Waals surface area (Å²) in [5.74, 6) is 2.02. The molecule has 0 aliphatic heterocycles. The molecule has 0 saturated carbocycles. The lowest BCUT2D eigenvalue weighted by atomic mass is 10.1. The molecule has 3 rings (SSSR count). The Labute approximate surface area is 201 Å². The van der Waals surface area contributed by atoms with Gasteiger partial charge < -0.3 is 15.0 Å². The zero-order valence-corrected chi connectivity index (χ0v) is 21.4. The van der Waals surface area contributed by atoms with Gasteiger partial charge in [0.15, 0.2) is 5.96 Å². The Bertz CT molecular complexity index is 992. The van der Waals surface area contributed by atoms with Crippen molar-refractivity contribution in [1.82, 2.24) is 29.8 Å². The maximum absolute atomic E-state index is 5.21. The highest BCUT2D eigenvalue weighted by molar-refractivity contribution is 14.0. The van der Waals surface area contributed by atoms with E-state index in [9.17, 15) is 0 Å². The molecule has 0 saturated heterocycles. The van der Waals surface area contributed by atoms with Crippen LogP contribution in [0.1, 0.15) is 36.7 Å². The minimum Gasteiger partial charge on any atom is -0.497 e. The van der Waals surface area contributed by atoms with E-state index >= 15 is 0 Å². The van der Waals surface area contributed by atoms with E-state index in [2.05, 4.69) is 45.5 Å². The first-order valence-corrected chi connectivity index (χ1v) is 10.0. The van der Waals surface area contributed by atoms with Gasteiger partial charge in [0.25, 0.3) is 0 Å². The molecular weight excluding hydrogens is 505 g/mol. The van der Waals surface area contributed by atoms with E-state index in [-0.39, 0.29) is 24.0 Å². The van der Waals surface area contributed by atoms with E-state index in [1.165, 1.54) is 5.56 Å². The van der Waals surface area contributed by atoms with Crippen LogP contribution in [0.5, 0.6) is 5.75 Å². The van der Waals surface area contributed by atoms with Gasteiger partial charge >= 0.3 is 0 Å². The second-order valence-electron chi connectivity index (χ2n) is 7.57. The summed E-state index contributed by atoms with van der Waals surface area (Å²) in [6, 6.07) is 9.82. The highest BCUT2D eigenvalue weighted by Gasteiger charge is 2.15. The number of aromatic nitrogens is 4. The van der Waals surface area contributed by atoms with E-state index in [1.807, 2.05) is 60.0 Å². The van der Waals surface area contributed by atoms with Gasteiger partial charge in [0.05, 0.1) is 30.7 Å². The number of hydrogen-bond acceptors (Lipinski definition) is 4. The van der Waals surface area contributed by atoms with Gasteiger partial charge in [0.1, 0.15) is 5.75 Å². The maximum atomic E-state index is 5.21. The molecule has 8 nitrogen and oxygen atoms in total. The van der Waals surface area contributed by atoms with Crippen LogP contribution in [0.4, 0.5) is 0 Å². The van der Waals surface area contributed by atoms with Gasteiger partial charge in [-0.05, 0) is 36.2 Å². The van der Waals surface area contributed by atoms with Gasteiger partial charge in [-0.15, -0.1) is 24.0 Å². The number of nitrogens with one attached hydrogen (secondary N) is 1. The quantitative estimate of drug-likeness (QED) is 0.284. The SMILES string of the molecule is CN=C(NCc1ccn(-c2ccc(OC)cc2)n1)N(C)Cc1cn(C)nc1C(C)C.I. The molecule has 0 fully saturated rings. The van der Waals surface area contributed by atoms with Crippen LogP contribution in [-0.2, 0) is 20.1 Å². The molecule has 2 aromatic heterocycles. The van der Waals surface area contributed by atoms with Crippen molar-refractivity contribution in [3.63, 3.8) is 0 Å². The number of nitrogens with zero attached hydrogens (tertiary/aromatic N) is 6. The predicted octanol–water partition coefficient (Wildman–Crippen LogP) is 3.56.